The van der Waals surface area contributed by atoms with Crippen molar-refractivity contribution in [2.45, 2.75) is 18.2 Å². The Morgan fingerprint density at radius 2 is 2.10 bits per heavy atom. The van der Waals surface area contributed by atoms with Gasteiger partial charge in [0.25, 0.3) is 0 Å². The third kappa shape index (κ3) is 3.40. The molecular weight excluding hydrogens is 278 g/mol. The molecule has 0 aliphatic carbocycles. The van der Waals surface area contributed by atoms with Crippen LogP contribution in [0, 0.1) is 6.92 Å². The number of furan rings is 1. The lowest BCUT2D eigenvalue weighted by molar-refractivity contribution is 0.402. The van der Waals surface area contributed by atoms with E-state index in [0.29, 0.717) is 12.2 Å². The smallest absolute Gasteiger partial charge is 0.244 e. The summed E-state index contributed by atoms with van der Waals surface area (Å²) < 4.78 is 37.3. The van der Waals surface area contributed by atoms with E-state index >= 15 is 0 Å². The molecule has 1 N–H and O–H groups in total. The third-order valence-electron chi connectivity index (χ3n) is 2.85. The van der Waals surface area contributed by atoms with Crippen molar-refractivity contribution in [2.75, 3.05) is 13.7 Å². The fourth-order valence-corrected chi connectivity index (χ4v) is 3.12. The second kappa shape index (κ2) is 6.11. The molecule has 1 heterocycles. The largest absolute Gasteiger partial charge is 0.495 e. The lowest BCUT2D eigenvalue weighted by atomic mass is 10.2. The summed E-state index contributed by atoms with van der Waals surface area (Å²) in [6, 6.07) is 8.63. The Morgan fingerprint density at radius 3 is 2.75 bits per heavy atom. The van der Waals surface area contributed by atoms with Crippen LogP contribution in [0.4, 0.5) is 0 Å². The van der Waals surface area contributed by atoms with E-state index in [-0.39, 0.29) is 11.4 Å². The van der Waals surface area contributed by atoms with E-state index in [9.17, 15) is 8.42 Å². The highest BCUT2D eigenvalue weighted by Gasteiger charge is 2.19. The first-order valence-corrected chi connectivity index (χ1v) is 7.68. The molecule has 0 aliphatic rings. The summed E-state index contributed by atoms with van der Waals surface area (Å²) in [4.78, 5) is 0.152. The zero-order chi connectivity index (χ0) is 14.6. The van der Waals surface area contributed by atoms with Crippen molar-refractivity contribution >= 4 is 10.0 Å². The number of nitrogens with one attached hydrogen (secondary N) is 1. The highest BCUT2D eigenvalue weighted by Crippen LogP contribution is 2.24. The van der Waals surface area contributed by atoms with Crippen LogP contribution in [0.5, 0.6) is 5.75 Å². The Balaban J connectivity index is 2.11. The van der Waals surface area contributed by atoms with E-state index in [0.717, 1.165) is 11.3 Å². The average molecular weight is 295 g/mol. The molecule has 0 amide bonds. The second-order valence-electron chi connectivity index (χ2n) is 4.38. The predicted octanol–water partition coefficient (Wildman–Crippen LogP) is 2.12. The van der Waals surface area contributed by atoms with Crippen LogP contribution in [0.15, 0.2) is 45.9 Å². The Morgan fingerprint density at radius 1 is 1.30 bits per heavy atom. The maximum absolute atomic E-state index is 12.3. The molecule has 0 fully saturated rings. The molecule has 5 nitrogen and oxygen atoms in total. The third-order valence-corrected chi connectivity index (χ3v) is 4.33. The van der Waals surface area contributed by atoms with Gasteiger partial charge in [-0.25, -0.2) is 13.1 Å². The number of sulfonamides is 1. The van der Waals surface area contributed by atoms with Crippen LogP contribution in [0.2, 0.25) is 0 Å². The number of hydrogen-bond donors (Lipinski definition) is 1. The first-order valence-electron chi connectivity index (χ1n) is 6.19. The second-order valence-corrected chi connectivity index (χ2v) is 6.12. The van der Waals surface area contributed by atoms with Gasteiger partial charge in [-0.05, 0) is 36.8 Å². The minimum atomic E-state index is -3.60. The topological polar surface area (TPSA) is 68.5 Å². The number of aryl methyl sites for hydroxylation is 1. The molecule has 0 unspecified atom stereocenters. The minimum Gasteiger partial charge on any atom is -0.495 e. The Kier molecular flexibility index (Phi) is 4.46. The average Bonchev–Trinajstić information content (AvgIpc) is 2.91. The number of ether oxygens (including phenoxy) is 1. The molecule has 2 aromatic rings. The molecule has 0 atom stereocenters. The lowest BCUT2D eigenvalue weighted by Crippen LogP contribution is -2.26. The number of methoxy groups -OCH3 is 1. The number of rotatable bonds is 6. The minimum absolute atomic E-state index is 0.152. The summed E-state index contributed by atoms with van der Waals surface area (Å²) in [5, 5.41) is 0. The summed E-state index contributed by atoms with van der Waals surface area (Å²) in [6.45, 7) is 2.11. The van der Waals surface area contributed by atoms with Crippen LogP contribution in [-0.2, 0) is 16.4 Å². The van der Waals surface area contributed by atoms with Crippen molar-refractivity contribution in [3.05, 3.63) is 47.9 Å². The van der Waals surface area contributed by atoms with Gasteiger partial charge in [-0.2, -0.15) is 0 Å². The van der Waals surface area contributed by atoms with Gasteiger partial charge in [0, 0.05) is 13.0 Å². The first kappa shape index (κ1) is 14.6. The van der Waals surface area contributed by atoms with Gasteiger partial charge in [0.15, 0.2) is 0 Å². The molecule has 0 saturated carbocycles. The van der Waals surface area contributed by atoms with E-state index < -0.39 is 10.0 Å². The van der Waals surface area contributed by atoms with Crippen LogP contribution >= 0.6 is 0 Å². The molecule has 0 radical (unpaired) electrons. The van der Waals surface area contributed by atoms with Crippen molar-refractivity contribution in [1.29, 1.82) is 0 Å². The fraction of sp³-hybridized carbons (Fsp3) is 0.286. The van der Waals surface area contributed by atoms with Crippen molar-refractivity contribution in [1.82, 2.24) is 4.72 Å². The van der Waals surface area contributed by atoms with E-state index in [1.807, 2.05) is 13.0 Å². The van der Waals surface area contributed by atoms with Gasteiger partial charge in [-0.15, -0.1) is 0 Å². The van der Waals surface area contributed by atoms with Gasteiger partial charge in [0.05, 0.1) is 13.4 Å². The van der Waals surface area contributed by atoms with Crippen molar-refractivity contribution in [3.63, 3.8) is 0 Å². The van der Waals surface area contributed by atoms with Crippen molar-refractivity contribution in [3.8, 4) is 5.75 Å². The summed E-state index contributed by atoms with van der Waals surface area (Å²) in [6.07, 6.45) is 2.06. The molecular formula is C14H17NO4S. The quantitative estimate of drug-likeness (QED) is 0.886. The predicted molar refractivity (Wildman–Crippen MR) is 75.3 cm³/mol. The van der Waals surface area contributed by atoms with Gasteiger partial charge < -0.3 is 9.15 Å². The SMILES string of the molecule is COc1ccc(C)cc1S(=O)(=O)NCCc1ccco1. The van der Waals surface area contributed by atoms with Gasteiger partial charge in [0.1, 0.15) is 16.4 Å². The van der Waals surface area contributed by atoms with Crippen LogP contribution in [0.25, 0.3) is 0 Å². The van der Waals surface area contributed by atoms with Crippen LogP contribution < -0.4 is 9.46 Å². The molecule has 20 heavy (non-hydrogen) atoms. The molecule has 0 saturated heterocycles. The molecule has 1 aromatic heterocycles. The van der Waals surface area contributed by atoms with E-state index in [1.165, 1.54) is 7.11 Å². The summed E-state index contributed by atoms with van der Waals surface area (Å²) in [7, 11) is -2.14. The lowest BCUT2D eigenvalue weighted by Gasteiger charge is -2.11. The van der Waals surface area contributed by atoms with E-state index in [1.54, 1.807) is 30.5 Å². The molecule has 0 spiro atoms. The van der Waals surface area contributed by atoms with E-state index in [4.69, 9.17) is 9.15 Å². The van der Waals surface area contributed by atoms with Crippen LogP contribution in [-0.4, -0.2) is 22.1 Å². The zero-order valence-corrected chi connectivity index (χ0v) is 12.2. The normalized spacial score (nSPS) is 11.5. The molecule has 2 rings (SSSR count). The zero-order valence-electron chi connectivity index (χ0n) is 11.4. The van der Waals surface area contributed by atoms with Crippen LogP contribution in [0.3, 0.4) is 0 Å². The maximum atomic E-state index is 12.3. The van der Waals surface area contributed by atoms with Gasteiger partial charge in [-0.1, -0.05) is 6.07 Å². The Hall–Kier alpha value is -1.79. The Labute approximate surface area is 118 Å². The Bertz CT molecular complexity index is 662. The molecule has 108 valence electrons. The monoisotopic (exact) mass is 295 g/mol. The molecule has 0 bridgehead atoms. The van der Waals surface area contributed by atoms with Crippen LogP contribution in [0.1, 0.15) is 11.3 Å². The molecule has 1 aromatic carbocycles. The van der Waals surface area contributed by atoms with Gasteiger partial charge in [0.2, 0.25) is 10.0 Å². The number of hydrogen-bond acceptors (Lipinski definition) is 4. The summed E-state index contributed by atoms with van der Waals surface area (Å²) in [5.74, 6) is 1.07. The first-order chi connectivity index (χ1) is 9.53. The summed E-state index contributed by atoms with van der Waals surface area (Å²) in [5.41, 5.74) is 0.859. The van der Waals surface area contributed by atoms with Crippen molar-refractivity contribution < 1.29 is 17.6 Å². The standard InChI is InChI=1S/C14H17NO4S/c1-11-5-6-13(18-2)14(10-11)20(16,17)15-8-7-12-4-3-9-19-12/h3-6,9-10,15H,7-8H2,1-2H3. The summed E-state index contributed by atoms with van der Waals surface area (Å²) >= 11 is 0. The number of benzene rings is 1. The van der Waals surface area contributed by atoms with Gasteiger partial charge in [-0.3, -0.25) is 0 Å². The van der Waals surface area contributed by atoms with Crippen molar-refractivity contribution in [2.24, 2.45) is 0 Å². The molecule has 0 aliphatic heterocycles. The van der Waals surface area contributed by atoms with Gasteiger partial charge >= 0.3 is 0 Å². The highest BCUT2D eigenvalue weighted by atomic mass is 32.2. The molecule has 6 heteroatoms. The van der Waals surface area contributed by atoms with E-state index in [2.05, 4.69) is 4.72 Å². The highest BCUT2D eigenvalue weighted by molar-refractivity contribution is 7.89. The maximum Gasteiger partial charge on any atom is 0.244 e. The fourth-order valence-electron chi connectivity index (χ4n) is 1.84.